The van der Waals surface area contributed by atoms with Crippen LogP contribution in [0.15, 0.2) is 42.5 Å². The molecule has 1 aliphatic rings. The Bertz CT molecular complexity index is 996. The van der Waals surface area contributed by atoms with E-state index < -0.39 is 16.2 Å². The fraction of sp³-hybridized carbons (Fsp3) is 0.350. The Hall–Kier alpha value is -2.13. The van der Waals surface area contributed by atoms with E-state index in [1.807, 2.05) is 6.07 Å². The number of hydrogen-bond acceptors (Lipinski definition) is 5. The molecular weight excluding hydrogens is 416 g/mol. The van der Waals surface area contributed by atoms with Crippen LogP contribution in [0.5, 0.6) is 5.75 Å². The van der Waals surface area contributed by atoms with Crippen molar-refractivity contribution in [1.82, 2.24) is 8.61 Å². The number of carbonyl (C=O) groups excluding carboxylic acids is 1. The van der Waals surface area contributed by atoms with Crippen LogP contribution in [0.25, 0.3) is 0 Å². The smallest absolute Gasteiger partial charge is 0.337 e. The highest BCUT2D eigenvalue weighted by Crippen LogP contribution is 2.27. The van der Waals surface area contributed by atoms with E-state index in [1.165, 1.54) is 22.8 Å². The molecule has 0 radical (unpaired) electrons. The Morgan fingerprint density at radius 3 is 2.45 bits per heavy atom. The summed E-state index contributed by atoms with van der Waals surface area (Å²) < 4.78 is 39.3. The largest absolute Gasteiger partial charge is 0.496 e. The third kappa shape index (κ3) is 4.90. The van der Waals surface area contributed by atoms with Gasteiger partial charge in [0.15, 0.2) is 0 Å². The summed E-state index contributed by atoms with van der Waals surface area (Å²) in [5, 5.41) is 0.568. The Balaban J connectivity index is 1.84. The zero-order valence-corrected chi connectivity index (χ0v) is 17.9. The van der Waals surface area contributed by atoms with Crippen molar-refractivity contribution in [2.75, 3.05) is 27.3 Å². The summed E-state index contributed by atoms with van der Waals surface area (Å²) in [5.41, 5.74) is 1.77. The van der Waals surface area contributed by atoms with E-state index in [0.717, 1.165) is 5.56 Å². The summed E-state index contributed by atoms with van der Waals surface area (Å²) in [7, 11) is -0.878. The highest BCUT2D eigenvalue weighted by atomic mass is 35.5. The van der Waals surface area contributed by atoms with Gasteiger partial charge in [0.05, 0.1) is 19.8 Å². The van der Waals surface area contributed by atoms with Crippen LogP contribution in [0.2, 0.25) is 5.02 Å². The van der Waals surface area contributed by atoms with E-state index in [9.17, 15) is 13.2 Å². The lowest BCUT2D eigenvalue weighted by molar-refractivity contribution is 0.0600. The molecule has 0 saturated carbocycles. The topological polar surface area (TPSA) is 76.2 Å². The number of hydrogen-bond donors (Lipinski definition) is 0. The predicted molar refractivity (Wildman–Crippen MR) is 110 cm³/mol. The summed E-state index contributed by atoms with van der Waals surface area (Å²) in [5.74, 6) is 0.0257. The lowest BCUT2D eigenvalue weighted by Gasteiger charge is -2.35. The van der Waals surface area contributed by atoms with Gasteiger partial charge in [-0.3, -0.25) is 0 Å². The van der Waals surface area contributed by atoms with E-state index >= 15 is 0 Å². The Kier molecular flexibility index (Phi) is 6.79. The van der Waals surface area contributed by atoms with E-state index in [1.54, 1.807) is 36.4 Å². The molecule has 0 aliphatic carbocycles. The molecule has 1 saturated heterocycles. The molecular formula is C20H23ClN2O5S. The van der Waals surface area contributed by atoms with Gasteiger partial charge in [-0.15, -0.1) is 0 Å². The molecule has 2 aromatic rings. The van der Waals surface area contributed by atoms with Crippen LogP contribution in [0, 0.1) is 0 Å². The van der Waals surface area contributed by atoms with Crippen LogP contribution < -0.4 is 4.74 Å². The molecule has 1 heterocycles. The standard InChI is InChI=1S/C20H23ClN2O5S/c1-27-19-8-7-16(20(24)28-2)12-17(19)14-23-10-4-9-22(29(23,25)26)13-15-5-3-6-18(21)11-15/h3,5-8,11-12H,4,9-10,13-14H2,1-2H3. The van der Waals surface area contributed by atoms with Crippen LogP contribution in [0.1, 0.15) is 27.9 Å². The molecule has 1 aliphatic heterocycles. The summed E-state index contributed by atoms with van der Waals surface area (Å²) in [6, 6.07) is 12.0. The summed E-state index contributed by atoms with van der Waals surface area (Å²) in [6.07, 6.45) is 0.693. The van der Waals surface area contributed by atoms with Crippen molar-refractivity contribution < 1.29 is 22.7 Å². The van der Waals surface area contributed by atoms with Gasteiger partial charge in [-0.05, 0) is 42.3 Å². The van der Waals surface area contributed by atoms with Gasteiger partial charge >= 0.3 is 5.97 Å². The van der Waals surface area contributed by atoms with Crippen LogP contribution in [0.4, 0.5) is 0 Å². The van der Waals surface area contributed by atoms with Crippen molar-refractivity contribution in [2.24, 2.45) is 0 Å². The molecule has 0 amide bonds. The molecule has 9 heteroatoms. The number of esters is 1. The predicted octanol–water partition coefficient (Wildman–Crippen LogP) is 3.09. The maximum absolute atomic E-state index is 13.2. The monoisotopic (exact) mass is 438 g/mol. The van der Waals surface area contributed by atoms with Gasteiger partial charge in [-0.2, -0.15) is 17.0 Å². The number of nitrogens with zero attached hydrogens (tertiary/aromatic N) is 2. The van der Waals surface area contributed by atoms with E-state index in [4.69, 9.17) is 21.1 Å². The SMILES string of the molecule is COC(=O)c1ccc(OC)c(CN2CCCN(Cc3cccc(Cl)c3)S2(=O)=O)c1. The van der Waals surface area contributed by atoms with E-state index in [2.05, 4.69) is 0 Å². The molecule has 2 aromatic carbocycles. The van der Waals surface area contributed by atoms with Crippen molar-refractivity contribution in [2.45, 2.75) is 19.5 Å². The van der Waals surface area contributed by atoms with Crippen LogP contribution in [-0.4, -0.2) is 50.3 Å². The Labute approximate surface area is 176 Å². The van der Waals surface area contributed by atoms with Gasteiger partial charge in [-0.25, -0.2) is 4.79 Å². The number of methoxy groups -OCH3 is 2. The van der Waals surface area contributed by atoms with Crippen molar-refractivity contribution in [3.8, 4) is 5.75 Å². The van der Waals surface area contributed by atoms with Gasteiger partial charge in [0.1, 0.15) is 5.75 Å². The minimum Gasteiger partial charge on any atom is -0.496 e. The van der Waals surface area contributed by atoms with Crippen molar-refractivity contribution in [3.63, 3.8) is 0 Å². The molecule has 0 spiro atoms. The lowest BCUT2D eigenvalue weighted by Crippen LogP contribution is -2.48. The van der Waals surface area contributed by atoms with E-state index in [-0.39, 0.29) is 13.1 Å². The number of ether oxygens (including phenoxy) is 2. The average Bonchev–Trinajstić information content (AvgIpc) is 2.70. The number of benzene rings is 2. The molecule has 156 valence electrons. The van der Waals surface area contributed by atoms with Crippen molar-refractivity contribution >= 4 is 27.8 Å². The lowest BCUT2D eigenvalue weighted by atomic mass is 10.1. The molecule has 0 unspecified atom stereocenters. The molecule has 0 atom stereocenters. The highest BCUT2D eigenvalue weighted by molar-refractivity contribution is 7.86. The fourth-order valence-electron chi connectivity index (χ4n) is 3.31. The van der Waals surface area contributed by atoms with Gasteiger partial charge in [0.2, 0.25) is 0 Å². The quantitative estimate of drug-likeness (QED) is 0.648. The Morgan fingerprint density at radius 1 is 1.07 bits per heavy atom. The third-order valence-corrected chi connectivity index (χ3v) is 6.93. The molecule has 7 nitrogen and oxygen atoms in total. The van der Waals surface area contributed by atoms with Gasteiger partial charge in [0, 0.05) is 36.8 Å². The maximum Gasteiger partial charge on any atom is 0.337 e. The van der Waals surface area contributed by atoms with Crippen LogP contribution >= 0.6 is 11.6 Å². The van der Waals surface area contributed by atoms with Gasteiger partial charge in [0.25, 0.3) is 10.2 Å². The summed E-state index contributed by atoms with van der Waals surface area (Å²) in [4.78, 5) is 11.9. The second kappa shape index (κ2) is 9.13. The normalized spacial score (nSPS) is 17.1. The second-order valence-corrected chi connectivity index (χ2v) is 9.04. The summed E-state index contributed by atoms with van der Waals surface area (Å²) in [6.45, 7) is 1.17. The zero-order chi connectivity index (χ0) is 21.0. The minimum absolute atomic E-state index is 0.0996. The third-order valence-electron chi connectivity index (χ3n) is 4.76. The average molecular weight is 439 g/mol. The second-order valence-electron chi connectivity index (χ2n) is 6.68. The maximum atomic E-state index is 13.2. The first-order valence-electron chi connectivity index (χ1n) is 9.10. The minimum atomic E-state index is -3.69. The fourth-order valence-corrected chi connectivity index (χ4v) is 5.19. The summed E-state index contributed by atoms with van der Waals surface area (Å²) >= 11 is 6.03. The molecule has 1 fully saturated rings. The highest BCUT2D eigenvalue weighted by Gasteiger charge is 2.34. The Morgan fingerprint density at radius 2 is 1.79 bits per heavy atom. The number of halogens is 1. The first-order chi connectivity index (χ1) is 13.8. The van der Waals surface area contributed by atoms with Gasteiger partial charge in [-0.1, -0.05) is 23.7 Å². The molecule has 0 N–H and O–H groups in total. The number of carbonyl (C=O) groups is 1. The van der Waals surface area contributed by atoms with Crippen molar-refractivity contribution in [3.05, 3.63) is 64.2 Å². The molecule has 3 rings (SSSR count). The first kappa shape index (κ1) is 21.6. The van der Waals surface area contributed by atoms with Crippen molar-refractivity contribution in [1.29, 1.82) is 0 Å². The first-order valence-corrected chi connectivity index (χ1v) is 10.9. The molecule has 0 aromatic heterocycles. The zero-order valence-electron chi connectivity index (χ0n) is 16.3. The number of rotatable bonds is 6. The van der Waals surface area contributed by atoms with Crippen LogP contribution in [-0.2, 0) is 28.0 Å². The van der Waals surface area contributed by atoms with Crippen LogP contribution in [0.3, 0.4) is 0 Å². The van der Waals surface area contributed by atoms with E-state index in [0.29, 0.717) is 41.4 Å². The van der Waals surface area contributed by atoms with Gasteiger partial charge < -0.3 is 9.47 Å². The molecule has 29 heavy (non-hydrogen) atoms. The molecule has 0 bridgehead atoms.